The van der Waals surface area contributed by atoms with Crippen LogP contribution in [0.3, 0.4) is 0 Å². The van der Waals surface area contributed by atoms with E-state index in [1.807, 2.05) is 30.3 Å². The monoisotopic (exact) mass is 397 g/mol. The van der Waals surface area contributed by atoms with Gasteiger partial charge in [-0.3, -0.25) is 15.0 Å². The number of hydrogen-bond acceptors (Lipinski definition) is 5. The lowest BCUT2D eigenvalue weighted by Crippen LogP contribution is -2.43. The van der Waals surface area contributed by atoms with Gasteiger partial charge in [-0.15, -0.1) is 0 Å². The zero-order valence-electron chi connectivity index (χ0n) is 16.6. The molecule has 0 aliphatic carbocycles. The molecule has 2 aromatic rings. The molecule has 154 valence electrons. The van der Waals surface area contributed by atoms with Gasteiger partial charge in [-0.05, 0) is 30.7 Å². The van der Waals surface area contributed by atoms with Gasteiger partial charge >= 0.3 is 6.09 Å². The SMILES string of the molecule is CCOC(=O)Nc1cccc(C(=O)N[C@@H](CN2CCOCC2)c2ccccc2)c1. The average Bonchev–Trinajstić information content (AvgIpc) is 2.75. The van der Waals surface area contributed by atoms with Gasteiger partial charge in [0.1, 0.15) is 0 Å². The highest BCUT2D eigenvalue weighted by Gasteiger charge is 2.21. The van der Waals surface area contributed by atoms with Crippen molar-refractivity contribution in [3.05, 3.63) is 65.7 Å². The number of ether oxygens (including phenoxy) is 2. The second-order valence-corrected chi connectivity index (χ2v) is 6.78. The van der Waals surface area contributed by atoms with Crippen LogP contribution in [0.15, 0.2) is 54.6 Å². The van der Waals surface area contributed by atoms with Crippen LogP contribution in [0.2, 0.25) is 0 Å². The summed E-state index contributed by atoms with van der Waals surface area (Å²) < 4.78 is 10.3. The Morgan fingerprint density at radius 3 is 2.59 bits per heavy atom. The fourth-order valence-corrected chi connectivity index (χ4v) is 3.23. The highest BCUT2D eigenvalue weighted by molar-refractivity contribution is 5.96. The number of amides is 2. The zero-order valence-corrected chi connectivity index (χ0v) is 16.6. The number of carbonyl (C=O) groups excluding carboxylic acids is 2. The van der Waals surface area contributed by atoms with Crippen LogP contribution in [0, 0.1) is 0 Å². The first-order valence-electron chi connectivity index (χ1n) is 9.85. The van der Waals surface area contributed by atoms with Gasteiger partial charge in [0, 0.05) is 30.9 Å². The molecule has 0 saturated carbocycles. The van der Waals surface area contributed by atoms with E-state index in [0.29, 0.717) is 31.0 Å². The van der Waals surface area contributed by atoms with Gasteiger partial charge in [0.05, 0.1) is 25.9 Å². The van der Waals surface area contributed by atoms with Crippen molar-refractivity contribution in [3.8, 4) is 0 Å². The largest absolute Gasteiger partial charge is 0.450 e. The Balaban J connectivity index is 1.71. The quantitative estimate of drug-likeness (QED) is 0.751. The lowest BCUT2D eigenvalue weighted by Gasteiger charge is -2.31. The molecule has 7 nitrogen and oxygen atoms in total. The summed E-state index contributed by atoms with van der Waals surface area (Å²) in [5, 5.41) is 5.76. The molecule has 2 amide bonds. The van der Waals surface area contributed by atoms with Crippen LogP contribution in [0.5, 0.6) is 0 Å². The summed E-state index contributed by atoms with van der Waals surface area (Å²) >= 11 is 0. The van der Waals surface area contributed by atoms with E-state index in [2.05, 4.69) is 15.5 Å². The first-order chi connectivity index (χ1) is 14.2. The Labute approximate surface area is 171 Å². The third-order valence-electron chi connectivity index (χ3n) is 4.70. The lowest BCUT2D eigenvalue weighted by molar-refractivity contribution is 0.0332. The van der Waals surface area contributed by atoms with Crippen molar-refractivity contribution in [1.29, 1.82) is 0 Å². The number of carbonyl (C=O) groups is 2. The van der Waals surface area contributed by atoms with E-state index < -0.39 is 6.09 Å². The normalized spacial score (nSPS) is 15.3. The summed E-state index contributed by atoms with van der Waals surface area (Å²) in [5.74, 6) is -0.195. The molecule has 1 fully saturated rings. The van der Waals surface area contributed by atoms with E-state index in [1.165, 1.54) is 0 Å². The van der Waals surface area contributed by atoms with Gasteiger partial charge in [0.25, 0.3) is 5.91 Å². The fraction of sp³-hybridized carbons (Fsp3) is 0.364. The predicted octanol–water partition coefficient (Wildman–Crippen LogP) is 3.06. The van der Waals surface area contributed by atoms with Gasteiger partial charge in [0.15, 0.2) is 0 Å². The molecule has 0 aromatic heterocycles. The van der Waals surface area contributed by atoms with Gasteiger partial charge in [0.2, 0.25) is 0 Å². The molecule has 29 heavy (non-hydrogen) atoms. The number of benzene rings is 2. The van der Waals surface area contributed by atoms with Crippen molar-refractivity contribution >= 4 is 17.7 Å². The Bertz CT molecular complexity index is 807. The van der Waals surface area contributed by atoms with Crippen molar-refractivity contribution in [3.63, 3.8) is 0 Å². The smallest absolute Gasteiger partial charge is 0.411 e. The third kappa shape index (κ3) is 6.30. The molecule has 0 radical (unpaired) electrons. The van der Waals surface area contributed by atoms with Crippen LogP contribution in [0.4, 0.5) is 10.5 Å². The molecule has 2 aromatic carbocycles. The predicted molar refractivity (Wildman–Crippen MR) is 111 cm³/mol. The van der Waals surface area contributed by atoms with Crippen LogP contribution in [0.25, 0.3) is 0 Å². The maximum Gasteiger partial charge on any atom is 0.411 e. The summed E-state index contributed by atoms with van der Waals surface area (Å²) in [6.07, 6.45) is -0.542. The maximum atomic E-state index is 12.9. The van der Waals surface area contributed by atoms with Gasteiger partial charge < -0.3 is 14.8 Å². The molecule has 1 atom stereocenters. The number of rotatable bonds is 7. The van der Waals surface area contributed by atoms with E-state index in [9.17, 15) is 9.59 Å². The van der Waals surface area contributed by atoms with Crippen LogP contribution in [-0.4, -0.2) is 56.4 Å². The highest BCUT2D eigenvalue weighted by Crippen LogP contribution is 2.17. The molecular formula is C22H27N3O4. The molecule has 1 saturated heterocycles. The zero-order chi connectivity index (χ0) is 20.5. The first kappa shape index (κ1) is 20.8. The number of nitrogens with one attached hydrogen (secondary N) is 2. The molecule has 0 bridgehead atoms. The minimum absolute atomic E-state index is 0.150. The van der Waals surface area contributed by atoms with Crippen molar-refractivity contribution in [1.82, 2.24) is 10.2 Å². The second kappa shape index (κ2) is 10.6. The van der Waals surface area contributed by atoms with Gasteiger partial charge in [-0.1, -0.05) is 36.4 Å². The molecule has 1 heterocycles. The van der Waals surface area contributed by atoms with Crippen LogP contribution in [-0.2, 0) is 9.47 Å². The fourth-order valence-electron chi connectivity index (χ4n) is 3.23. The summed E-state index contributed by atoms with van der Waals surface area (Å²) in [5.41, 5.74) is 2.04. The van der Waals surface area contributed by atoms with Crippen LogP contribution in [0.1, 0.15) is 28.9 Å². The molecular weight excluding hydrogens is 370 g/mol. The van der Waals surface area contributed by atoms with E-state index in [-0.39, 0.29) is 18.6 Å². The van der Waals surface area contributed by atoms with Crippen molar-refractivity contribution < 1.29 is 19.1 Å². The second-order valence-electron chi connectivity index (χ2n) is 6.78. The number of morpholine rings is 1. The highest BCUT2D eigenvalue weighted by atomic mass is 16.5. The summed E-state index contributed by atoms with van der Waals surface area (Å²) in [4.78, 5) is 26.9. The van der Waals surface area contributed by atoms with E-state index in [1.54, 1.807) is 31.2 Å². The Morgan fingerprint density at radius 1 is 1.10 bits per heavy atom. The third-order valence-corrected chi connectivity index (χ3v) is 4.70. The topological polar surface area (TPSA) is 79.9 Å². The average molecular weight is 397 g/mol. The van der Waals surface area contributed by atoms with E-state index in [4.69, 9.17) is 9.47 Å². The van der Waals surface area contributed by atoms with E-state index >= 15 is 0 Å². The van der Waals surface area contributed by atoms with Gasteiger partial charge in [-0.2, -0.15) is 0 Å². The molecule has 7 heteroatoms. The molecule has 3 rings (SSSR count). The Hall–Kier alpha value is -2.90. The Kier molecular flexibility index (Phi) is 7.61. The minimum atomic E-state index is -0.542. The number of hydrogen-bond donors (Lipinski definition) is 2. The van der Waals surface area contributed by atoms with Gasteiger partial charge in [-0.25, -0.2) is 4.79 Å². The molecule has 0 spiro atoms. The molecule has 1 aliphatic heterocycles. The van der Waals surface area contributed by atoms with Crippen molar-refractivity contribution in [2.24, 2.45) is 0 Å². The minimum Gasteiger partial charge on any atom is -0.450 e. The maximum absolute atomic E-state index is 12.9. The van der Waals surface area contributed by atoms with Crippen LogP contribution >= 0.6 is 0 Å². The first-order valence-corrected chi connectivity index (χ1v) is 9.85. The van der Waals surface area contributed by atoms with Crippen molar-refractivity contribution in [2.75, 3.05) is 44.8 Å². The Morgan fingerprint density at radius 2 is 1.86 bits per heavy atom. The van der Waals surface area contributed by atoms with Crippen LogP contribution < -0.4 is 10.6 Å². The summed E-state index contributed by atoms with van der Waals surface area (Å²) in [7, 11) is 0. The molecule has 1 aliphatic rings. The van der Waals surface area contributed by atoms with E-state index in [0.717, 1.165) is 18.7 Å². The van der Waals surface area contributed by atoms with Crippen molar-refractivity contribution in [2.45, 2.75) is 13.0 Å². The number of nitrogens with zero attached hydrogens (tertiary/aromatic N) is 1. The summed E-state index contributed by atoms with van der Waals surface area (Å²) in [6, 6.07) is 16.6. The standard InChI is InChI=1S/C22H27N3O4/c1-2-29-22(27)23-19-10-6-9-18(15-19)21(26)24-20(17-7-4-3-5-8-17)16-25-11-13-28-14-12-25/h3-10,15,20H,2,11-14,16H2,1H3,(H,23,27)(H,24,26)/t20-/m0/s1. The molecule has 2 N–H and O–H groups in total. The lowest BCUT2D eigenvalue weighted by atomic mass is 10.1. The molecule has 0 unspecified atom stereocenters. The summed E-state index contributed by atoms with van der Waals surface area (Å²) in [6.45, 7) is 5.83. The number of anilines is 1.